The zero-order valence-electron chi connectivity index (χ0n) is 20.5. The summed E-state index contributed by atoms with van der Waals surface area (Å²) in [5.41, 5.74) is 0.853. The van der Waals surface area contributed by atoms with E-state index in [1.165, 1.54) is 0 Å². The van der Waals surface area contributed by atoms with E-state index in [0.717, 1.165) is 23.1 Å². The van der Waals surface area contributed by atoms with Gasteiger partial charge in [0, 0.05) is 10.9 Å². The Labute approximate surface area is 202 Å². The monoisotopic (exact) mass is 483 g/mol. The van der Waals surface area contributed by atoms with Gasteiger partial charge in [0.15, 0.2) is 5.69 Å². The number of carbonyl (C=O) groups excluding carboxylic acids is 1. The van der Waals surface area contributed by atoms with E-state index in [1.54, 1.807) is 76.4 Å². The maximum Gasteiger partial charge on any atom is 0.357 e. The van der Waals surface area contributed by atoms with Crippen LogP contribution in [0.1, 0.15) is 44.1 Å². The smallest absolute Gasteiger partial charge is 0.357 e. The quantitative estimate of drug-likeness (QED) is 0.227. The van der Waals surface area contributed by atoms with Crippen molar-refractivity contribution in [2.75, 3.05) is 13.4 Å². The van der Waals surface area contributed by atoms with Crippen LogP contribution in [-0.4, -0.2) is 37.3 Å². The molecular weight excluding hydrogens is 450 g/mol. The molecule has 0 amide bonds. The SMILES string of the molecule is C=CCCC=C.COc1ccc(-c2c(C(=O)OC(C)(C)C)n(S(C)(=O)=O)c3ccccc23)cc1. The lowest BCUT2D eigenvalue weighted by atomic mass is 10.0. The summed E-state index contributed by atoms with van der Waals surface area (Å²) in [7, 11) is -2.20. The molecule has 2 aromatic carbocycles. The van der Waals surface area contributed by atoms with Gasteiger partial charge in [-0.2, -0.15) is 0 Å². The van der Waals surface area contributed by atoms with Gasteiger partial charge in [-0.25, -0.2) is 17.2 Å². The van der Waals surface area contributed by atoms with Crippen LogP contribution in [0.5, 0.6) is 5.75 Å². The van der Waals surface area contributed by atoms with E-state index in [4.69, 9.17) is 9.47 Å². The summed E-state index contributed by atoms with van der Waals surface area (Å²) >= 11 is 0. The fourth-order valence-corrected chi connectivity index (χ4v) is 4.37. The first-order valence-corrected chi connectivity index (χ1v) is 12.7. The summed E-state index contributed by atoms with van der Waals surface area (Å²) in [4.78, 5) is 13.1. The fourth-order valence-electron chi connectivity index (χ4n) is 3.35. The number of hydrogen-bond donors (Lipinski definition) is 0. The Morgan fingerprint density at radius 2 is 1.56 bits per heavy atom. The largest absolute Gasteiger partial charge is 0.497 e. The Morgan fingerprint density at radius 3 is 2.03 bits per heavy atom. The molecule has 1 aromatic heterocycles. The van der Waals surface area contributed by atoms with Gasteiger partial charge in [-0.15, -0.1) is 13.2 Å². The summed E-state index contributed by atoms with van der Waals surface area (Å²) < 4.78 is 37.1. The number of allylic oxidation sites excluding steroid dienone is 2. The number of benzene rings is 2. The second-order valence-corrected chi connectivity index (χ2v) is 10.5. The van der Waals surface area contributed by atoms with Gasteiger partial charge < -0.3 is 9.47 Å². The number of esters is 1. The third-order valence-corrected chi connectivity index (χ3v) is 5.75. The number of rotatable bonds is 7. The lowest BCUT2D eigenvalue weighted by molar-refractivity contribution is 0.00629. The van der Waals surface area contributed by atoms with Crippen LogP contribution in [0.25, 0.3) is 22.0 Å². The van der Waals surface area contributed by atoms with E-state index < -0.39 is 21.6 Å². The molecule has 6 nitrogen and oxygen atoms in total. The van der Waals surface area contributed by atoms with Crippen LogP contribution in [0.2, 0.25) is 0 Å². The molecule has 0 N–H and O–H groups in total. The lowest BCUT2D eigenvalue weighted by Crippen LogP contribution is -2.27. The summed E-state index contributed by atoms with van der Waals surface area (Å²) in [5.74, 6) is -0.0330. The van der Waals surface area contributed by atoms with Gasteiger partial charge in [-0.3, -0.25) is 0 Å². The van der Waals surface area contributed by atoms with Crippen molar-refractivity contribution in [2.45, 2.75) is 39.2 Å². The lowest BCUT2D eigenvalue weighted by Gasteiger charge is -2.20. The molecule has 7 heteroatoms. The molecule has 0 aliphatic carbocycles. The van der Waals surface area contributed by atoms with Crippen molar-refractivity contribution >= 4 is 26.9 Å². The number of hydrogen-bond acceptors (Lipinski definition) is 5. The predicted octanol–water partition coefficient (Wildman–Crippen LogP) is 6.22. The van der Waals surface area contributed by atoms with Gasteiger partial charge in [0.1, 0.15) is 11.4 Å². The van der Waals surface area contributed by atoms with Crippen molar-refractivity contribution in [2.24, 2.45) is 0 Å². The highest BCUT2D eigenvalue weighted by molar-refractivity contribution is 7.89. The number of aromatic nitrogens is 1. The third-order valence-electron chi connectivity index (χ3n) is 4.71. The van der Waals surface area contributed by atoms with Crippen LogP contribution in [0.15, 0.2) is 73.8 Å². The van der Waals surface area contributed by atoms with Gasteiger partial charge >= 0.3 is 5.97 Å². The number of unbranched alkanes of at least 4 members (excludes halogenated alkanes) is 1. The molecule has 0 radical (unpaired) electrons. The maximum atomic E-state index is 13.1. The van der Waals surface area contributed by atoms with Crippen molar-refractivity contribution in [3.05, 3.63) is 79.5 Å². The van der Waals surface area contributed by atoms with Crippen LogP contribution < -0.4 is 4.74 Å². The highest BCUT2D eigenvalue weighted by Gasteiger charge is 2.31. The summed E-state index contributed by atoms with van der Waals surface area (Å²) in [6, 6.07) is 14.1. The average Bonchev–Trinajstić information content (AvgIpc) is 3.13. The predicted molar refractivity (Wildman–Crippen MR) is 139 cm³/mol. The standard InChI is InChI=1S/C21H23NO5S.C6H10/c1-21(2,3)27-20(23)19-18(14-10-12-15(26-4)13-11-14)16-8-6-7-9-17(16)22(19)28(5,24)25;1-3-5-6-4-2/h6-13H,1-5H3;3-4H,1-2,5-6H2. The summed E-state index contributed by atoms with van der Waals surface area (Å²) in [6.45, 7) is 12.3. The van der Waals surface area contributed by atoms with Gasteiger partial charge in [0.2, 0.25) is 10.0 Å². The van der Waals surface area contributed by atoms with Crippen molar-refractivity contribution < 1.29 is 22.7 Å². The molecule has 0 saturated heterocycles. The van der Waals surface area contributed by atoms with Gasteiger partial charge in [0.25, 0.3) is 0 Å². The van der Waals surface area contributed by atoms with Crippen LogP contribution >= 0.6 is 0 Å². The minimum Gasteiger partial charge on any atom is -0.497 e. The molecule has 182 valence electrons. The topological polar surface area (TPSA) is 74.6 Å². The molecule has 3 rings (SSSR count). The Hall–Kier alpha value is -3.32. The normalized spacial score (nSPS) is 11.3. The summed E-state index contributed by atoms with van der Waals surface area (Å²) in [5, 5.41) is 0.652. The molecule has 0 unspecified atom stereocenters. The maximum absolute atomic E-state index is 13.1. The number of methoxy groups -OCH3 is 1. The van der Waals surface area contributed by atoms with E-state index in [0.29, 0.717) is 27.8 Å². The molecule has 1 heterocycles. The van der Waals surface area contributed by atoms with E-state index in [1.807, 2.05) is 12.2 Å². The Morgan fingerprint density at radius 1 is 1.00 bits per heavy atom. The van der Waals surface area contributed by atoms with Crippen molar-refractivity contribution in [3.8, 4) is 16.9 Å². The van der Waals surface area contributed by atoms with Crippen molar-refractivity contribution in [3.63, 3.8) is 0 Å². The zero-order chi connectivity index (χ0) is 25.5. The Balaban J connectivity index is 0.000000604. The number of para-hydroxylation sites is 1. The number of carbonyl (C=O) groups is 1. The second-order valence-electron chi connectivity index (χ2n) is 8.65. The van der Waals surface area contributed by atoms with Crippen molar-refractivity contribution in [1.82, 2.24) is 3.97 Å². The molecule has 0 atom stereocenters. The summed E-state index contributed by atoms with van der Waals surface area (Å²) in [6.07, 6.45) is 6.97. The molecule has 3 aromatic rings. The molecule has 0 aliphatic heterocycles. The van der Waals surface area contributed by atoms with E-state index >= 15 is 0 Å². The fraction of sp³-hybridized carbons (Fsp3) is 0.296. The van der Waals surface area contributed by atoms with E-state index in [2.05, 4.69) is 13.2 Å². The third kappa shape index (κ3) is 6.60. The highest BCUT2D eigenvalue weighted by atomic mass is 32.2. The van der Waals surface area contributed by atoms with E-state index in [-0.39, 0.29) is 5.69 Å². The second kappa shape index (κ2) is 11.2. The number of ether oxygens (including phenoxy) is 2. The van der Waals surface area contributed by atoms with E-state index in [9.17, 15) is 13.2 Å². The number of fused-ring (bicyclic) bond motifs is 1. The molecule has 0 spiro atoms. The minimum absolute atomic E-state index is 0.0104. The molecule has 0 saturated carbocycles. The first kappa shape index (κ1) is 26.9. The van der Waals surface area contributed by atoms with Gasteiger partial charge in [0.05, 0.1) is 18.9 Å². The molecular formula is C27H33NO5S. The Bertz CT molecular complexity index is 1250. The molecule has 0 aliphatic rings. The molecule has 34 heavy (non-hydrogen) atoms. The first-order chi connectivity index (χ1) is 15.9. The Kier molecular flexibility index (Phi) is 8.87. The number of nitrogens with zero attached hydrogens (tertiary/aromatic N) is 1. The van der Waals surface area contributed by atoms with Crippen LogP contribution in [0.3, 0.4) is 0 Å². The molecule has 0 fully saturated rings. The van der Waals surface area contributed by atoms with Crippen LogP contribution in [0.4, 0.5) is 0 Å². The first-order valence-electron chi connectivity index (χ1n) is 10.9. The molecule has 0 bridgehead atoms. The van der Waals surface area contributed by atoms with Crippen LogP contribution in [-0.2, 0) is 14.8 Å². The minimum atomic E-state index is -3.77. The van der Waals surface area contributed by atoms with Gasteiger partial charge in [-0.05, 0) is 57.4 Å². The van der Waals surface area contributed by atoms with Crippen molar-refractivity contribution in [1.29, 1.82) is 0 Å². The average molecular weight is 484 g/mol. The highest BCUT2D eigenvalue weighted by Crippen LogP contribution is 2.37. The van der Waals surface area contributed by atoms with Gasteiger partial charge in [-0.1, -0.05) is 42.5 Å². The zero-order valence-corrected chi connectivity index (χ0v) is 21.3. The van der Waals surface area contributed by atoms with Crippen LogP contribution in [0, 0.1) is 0 Å².